The van der Waals surface area contributed by atoms with Crippen molar-refractivity contribution in [2.75, 3.05) is 5.73 Å². The predicted molar refractivity (Wildman–Crippen MR) is 98.2 cm³/mol. The quantitative estimate of drug-likeness (QED) is 0.407. The highest BCUT2D eigenvalue weighted by Crippen LogP contribution is 2.28. The average Bonchev–Trinajstić information content (AvgIpc) is 2.97. The molecule has 2 aromatic carbocycles. The fourth-order valence-corrected chi connectivity index (χ4v) is 2.35. The first-order valence-corrected chi connectivity index (χ1v) is 7.94. The molecule has 8 nitrogen and oxygen atoms in total. The van der Waals surface area contributed by atoms with Gasteiger partial charge in [0.2, 0.25) is 5.95 Å². The fraction of sp³-hybridized carbons (Fsp3) is 0.111. The molecule has 1 aromatic heterocycles. The number of nitro groups is 1. The molecule has 138 valence electrons. The number of aryl methyl sites for hydroxylation is 1. The summed E-state index contributed by atoms with van der Waals surface area (Å²) in [7, 11) is 0. The first-order valence-electron chi connectivity index (χ1n) is 7.94. The summed E-state index contributed by atoms with van der Waals surface area (Å²) in [5.74, 6) is -0.0286. The van der Waals surface area contributed by atoms with Gasteiger partial charge in [-0.15, -0.1) is 0 Å². The van der Waals surface area contributed by atoms with Crippen molar-refractivity contribution in [1.82, 2.24) is 9.66 Å². The van der Waals surface area contributed by atoms with Gasteiger partial charge >= 0.3 is 5.69 Å². The Labute approximate surface area is 153 Å². The van der Waals surface area contributed by atoms with Crippen LogP contribution in [0.4, 0.5) is 16.0 Å². The number of hydrogen-bond donors (Lipinski definition) is 1. The molecule has 0 saturated carbocycles. The minimum Gasteiger partial charge on any atom is -0.482 e. The molecule has 0 amide bonds. The number of ether oxygens (including phenoxy) is 1. The van der Waals surface area contributed by atoms with Gasteiger partial charge in [0, 0.05) is 11.6 Å². The van der Waals surface area contributed by atoms with Crippen LogP contribution < -0.4 is 10.5 Å². The van der Waals surface area contributed by atoms with Gasteiger partial charge in [-0.1, -0.05) is 12.1 Å². The molecule has 3 aromatic rings. The number of halogens is 1. The number of nitrogens with two attached hydrogens (primary N) is 1. The molecule has 0 atom stereocenters. The zero-order valence-corrected chi connectivity index (χ0v) is 14.4. The summed E-state index contributed by atoms with van der Waals surface area (Å²) in [6.45, 7) is 1.86. The Morgan fingerprint density at radius 2 is 2.07 bits per heavy atom. The Kier molecular flexibility index (Phi) is 5.11. The van der Waals surface area contributed by atoms with E-state index in [9.17, 15) is 14.5 Å². The minimum atomic E-state index is -0.535. The highest BCUT2D eigenvalue weighted by atomic mass is 19.1. The van der Waals surface area contributed by atoms with E-state index < -0.39 is 4.92 Å². The minimum absolute atomic E-state index is 0.0827. The molecule has 0 fully saturated rings. The second-order valence-electron chi connectivity index (χ2n) is 5.73. The number of anilines is 1. The smallest absolute Gasteiger partial charge is 0.311 e. The zero-order valence-electron chi connectivity index (χ0n) is 14.4. The largest absolute Gasteiger partial charge is 0.482 e. The summed E-state index contributed by atoms with van der Waals surface area (Å²) in [4.78, 5) is 14.8. The van der Waals surface area contributed by atoms with E-state index in [0.29, 0.717) is 16.8 Å². The van der Waals surface area contributed by atoms with Crippen LogP contribution in [-0.4, -0.2) is 20.8 Å². The van der Waals surface area contributed by atoms with Gasteiger partial charge in [0.15, 0.2) is 5.75 Å². The molecule has 2 N–H and O–H groups in total. The number of nitrogens with zero attached hydrogens (tertiary/aromatic N) is 4. The van der Waals surface area contributed by atoms with Gasteiger partial charge in [0.25, 0.3) is 0 Å². The lowest BCUT2D eigenvalue weighted by atomic mass is 10.2. The summed E-state index contributed by atoms with van der Waals surface area (Å²) < 4.78 is 19.8. The highest BCUT2D eigenvalue weighted by Gasteiger charge is 2.16. The topological polar surface area (TPSA) is 109 Å². The first kappa shape index (κ1) is 18.1. The summed E-state index contributed by atoms with van der Waals surface area (Å²) in [5.41, 5.74) is 7.41. The number of hydrogen-bond acceptors (Lipinski definition) is 6. The van der Waals surface area contributed by atoms with Crippen LogP contribution in [0.5, 0.6) is 5.75 Å². The van der Waals surface area contributed by atoms with Gasteiger partial charge in [-0.05, 0) is 36.8 Å². The maximum absolute atomic E-state index is 12.9. The van der Waals surface area contributed by atoms with Gasteiger partial charge < -0.3 is 10.5 Å². The highest BCUT2D eigenvalue weighted by molar-refractivity contribution is 5.81. The molecular formula is C18H16FN5O3. The van der Waals surface area contributed by atoms with Crippen LogP contribution in [-0.2, 0) is 6.61 Å². The molecule has 0 saturated heterocycles. The number of nitrogen functional groups attached to an aromatic ring is 1. The molecule has 1 heterocycles. The first-order chi connectivity index (χ1) is 12.9. The standard InChI is InChI=1S/C18H16FN5O3/c1-12-10-23(18(20)22-12)21-9-14-4-7-17(16(8-14)24(25)26)27-11-13-2-5-15(19)6-3-13/h2-10H,11H2,1H3,(H2,20,22). The van der Waals surface area contributed by atoms with Gasteiger partial charge in [-0.3, -0.25) is 10.1 Å². The summed E-state index contributed by atoms with van der Waals surface area (Å²) >= 11 is 0. The second-order valence-corrected chi connectivity index (χ2v) is 5.73. The number of imidazole rings is 1. The van der Waals surface area contributed by atoms with Gasteiger partial charge in [0.1, 0.15) is 12.4 Å². The molecule has 9 heteroatoms. The molecular weight excluding hydrogens is 353 g/mol. The lowest BCUT2D eigenvalue weighted by Crippen LogP contribution is -2.01. The maximum Gasteiger partial charge on any atom is 0.311 e. The number of rotatable bonds is 6. The Bertz CT molecular complexity index is 999. The van der Waals surface area contributed by atoms with Crippen molar-refractivity contribution in [3.8, 4) is 5.75 Å². The van der Waals surface area contributed by atoms with Crippen molar-refractivity contribution in [2.24, 2.45) is 5.10 Å². The molecule has 0 aliphatic carbocycles. The van der Waals surface area contributed by atoms with Gasteiger partial charge in [-0.25, -0.2) is 14.1 Å². The van der Waals surface area contributed by atoms with Gasteiger partial charge in [0.05, 0.1) is 23.0 Å². The molecule has 0 spiro atoms. The third kappa shape index (κ3) is 4.46. The third-order valence-electron chi connectivity index (χ3n) is 3.65. The van der Waals surface area contributed by atoms with Crippen molar-refractivity contribution in [2.45, 2.75) is 13.5 Å². The molecule has 0 aliphatic rings. The van der Waals surface area contributed by atoms with E-state index in [4.69, 9.17) is 10.5 Å². The maximum atomic E-state index is 12.9. The Morgan fingerprint density at radius 1 is 1.33 bits per heavy atom. The second kappa shape index (κ2) is 7.65. The van der Waals surface area contributed by atoms with Crippen molar-refractivity contribution in [1.29, 1.82) is 0 Å². The van der Waals surface area contributed by atoms with E-state index in [1.54, 1.807) is 31.3 Å². The molecule has 0 radical (unpaired) electrons. The summed E-state index contributed by atoms with van der Waals surface area (Å²) in [5, 5.41) is 15.5. The van der Waals surface area contributed by atoms with Crippen LogP contribution in [0.25, 0.3) is 0 Å². The molecule has 0 bridgehead atoms. The van der Waals surface area contributed by atoms with Crippen molar-refractivity contribution in [3.63, 3.8) is 0 Å². The predicted octanol–water partition coefficient (Wildman–Crippen LogP) is 3.28. The van der Waals surface area contributed by atoms with E-state index in [1.165, 1.54) is 35.2 Å². The monoisotopic (exact) mass is 369 g/mol. The van der Waals surface area contributed by atoms with Crippen molar-refractivity contribution in [3.05, 3.63) is 81.4 Å². The fourth-order valence-electron chi connectivity index (χ4n) is 2.35. The molecule has 0 aliphatic heterocycles. The third-order valence-corrected chi connectivity index (χ3v) is 3.65. The Morgan fingerprint density at radius 3 is 2.70 bits per heavy atom. The Hall–Kier alpha value is -3.75. The van der Waals surface area contributed by atoms with E-state index in [1.807, 2.05) is 0 Å². The van der Waals surface area contributed by atoms with Crippen LogP contribution in [0, 0.1) is 22.9 Å². The van der Waals surface area contributed by atoms with E-state index in [-0.39, 0.29) is 29.8 Å². The molecule has 3 rings (SSSR count). The summed E-state index contributed by atoms with van der Waals surface area (Å²) in [6, 6.07) is 10.2. The Balaban J connectivity index is 1.79. The zero-order chi connectivity index (χ0) is 19.4. The van der Waals surface area contributed by atoms with Crippen LogP contribution in [0.15, 0.2) is 53.8 Å². The molecule has 0 unspecified atom stereocenters. The van der Waals surface area contributed by atoms with Crippen molar-refractivity contribution < 1.29 is 14.1 Å². The van der Waals surface area contributed by atoms with E-state index in [2.05, 4.69) is 10.1 Å². The van der Waals surface area contributed by atoms with Crippen LogP contribution in [0.3, 0.4) is 0 Å². The average molecular weight is 369 g/mol. The van der Waals surface area contributed by atoms with E-state index in [0.717, 1.165) is 0 Å². The van der Waals surface area contributed by atoms with E-state index >= 15 is 0 Å². The van der Waals surface area contributed by atoms with Gasteiger partial charge in [-0.2, -0.15) is 5.10 Å². The van der Waals surface area contributed by atoms with Crippen LogP contribution in [0.2, 0.25) is 0 Å². The lowest BCUT2D eigenvalue weighted by Gasteiger charge is -2.07. The normalized spacial score (nSPS) is 11.0. The van der Waals surface area contributed by atoms with Crippen molar-refractivity contribution >= 4 is 17.9 Å². The number of nitro benzene ring substituents is 1. The molecule has 27 heavy (non-hydrogen) atoms. The van der Waals surface area contributed by atoms with Crippen LogP contribution in [0.1, 0.15) is 16.8 Å². The number of aromatic nitrogens is 2. The SMILES string of the molecule is Cc1cn(N=Cc2ccc(OCc3ccc(F)cc3)c([N+](=O)[O-])c2)c(N)n1. The lowest BCUT2D eigenvalue weighted by molar-refractivity contribution is -0.385. The number of benzene rings is 2. The van der Waals surface area contributed by atoms with Crippen LogP contribution >= 0.6 is 0 Å². The summed E-state index contributed by atoms with van der Waals surface area (Å²) in [6.07, 6.45) is 3.08.